The Hall–Kier alpha value is -2.39. The van der Waals surface area contributed by atoms with E-state index in [4.69, 9.17) is 4.42 Å². The lowest BCUT2D eigenvalue weighted by molar-refractivity contribution is -0.114. The standard InChI is InChI=1S/C16H17N5O2S2/c1-9-10(2)23-14(17-9)8-24-16-21-20-15(25-16)19-13-6-4-5-12(7-13)18-11(3)22/h4-7H,8H2,1-3H3,(H,18,22)(H,19,20). The van der Waals surface area contributed by atoms with Crippen LogP contribution >= 0.6 is 23.1 Å². The van der Waals surface area contributed by atoms with E-state index in [1.807, 2.05) is 38.1 Å². The van der Waals surface area contributed by atoms with Crippen LogP contribution in [-0.4, -0.2) is 21.1 Å². The maximum atomic E-state index is 11.1. The summed E-state index contributed by atoms with van der Waals surface area (Å²) < 4.78 is 6.39. The molecule has 0 aliphatic heterocycles. The molecule has 0 saturated heterocycles. The van der Waals surface area contributed by atoms with Gasteiger partial charge in [0.25, 0.3) is 0 Å². The molecular formula is C16H17N5O2S2. The van der Waals surface area contributed by atoms with E-state index in [9.17, 15) is 4.79 Å². The van der Waals surface area contributed by atoms with Crippen molar-refractivity contribution >= 4 is 45.5 Å². The molecule has 0 aliphatic carbocycles. The maximum absolute atomic E-state index is 11.1. The summed E-state index contributed by atoms with van der Waals surface area (Å²) in [5.41, 5.74) is 2.47. The molecule has 7 nitrogen and oxygen atoms in total. The molecule has 130 valence electrons. The van der Waals surface area contributed by atoms with Crippen molar-refractivity contribution < 1.29 is 9.21 Å². The number of amides is 1. The van der Waals surface area contributed by atoms with Gasteiger partial charge in [-0.3, -0.25) is 4.79 Å². The SMILES string of the molecule is CC(=O)Nc1cccc(Nc2nnc(SCc3nc(C)c(C)o3)s2)c1. The number of carbonyl (C=O) groups excluding carboxylic acids is 1. The highest BCUT2D eigenvalue weighted by atomic mass is 32.2. The summed E-state index contributed by atoms with van der Waals surface area (Å²) in [6.45, 7) is 5.30. The number of rotatable bonds is 6. The van der Waals surface area contributed by atoms with Crippen LogP contribution in [0.1, 0.15) is 24.3 Å². The molecule has 2 aromatic heterocycles. The third-order valence-corrected chi connectivity index (χ3v) is 5.19. The average molecular weight is 375 g/mol. The van der Waals surface area contributed by atoms with Gasteiger partial charge in [-0.25, -0.2) is 4.98 Å². The maximum Gasteiger partial charge on any atom is 0.221 e. The van der Waals surface area contributed by atoms with Crippen LogP contribution in [0.25, 0.3) is 0 Å². The quantitative estimate of drug-likeness (QED) is 0.626. The number of hydrogen-bond acceptors (Lipinski definition) is 8. The molecule has 0 saturated carbocycles. The molecule has 0 bridgehead atoms. The van der Waals surface area contributed by atoms with E-state index in [-0.39, 0.29) is 5.91 Å². The molecule has 0 atom stereocenters. The van der Waals surface area contributed by atoms with Gasteiger partial charge < -0.3 is 15.1 Å². The number of nitrogens with one attached hydrogen (secondary N) is 2. The van der Waals surface area contributed by atoms with Crippen LogP contribution in [-0.2, 0) is 10.5 Å². The lowest BCUT2D eigenvalue weighted by Gasteiger charge is -2.05. The fourth-order valence-corrected chi connectivity index (χ4v) is 3.66. The van der Waals surface area contributed by atoms with Crippen molar-refractivity contribution in [1.82, 2.24) is 15.2 Å². The number of oxazole rings is 1. The number of benzene rings is 1. The minimum absolute atomic E-state index is 0.108. The van der Waals surface area contributed by atoms with Crippen molar-refractivity contribution in [3.8, 4) is 0 Å². The molecule has 0 spiro atoms. The number of anilines is 3. The molecule has 1 amide bonds. The van der Waals surface area contributed by atoms with Gasteiger partial charge in [0.15, 0.2) is 4.34 Å². The molecule has 3 aromatic rings. The third kappa shape index (κ3) is 4.80. The smallest absolute Gasteiger partial charge is 0.221 e. The Bertz CT molecular complexity index is 871. The van der Waals surface area contributed by atoms with E-state index < -0.39 is 0 Å². The van der Waals surface area contributed by atoms with Gasteiger partial charge >= 0.3 is 0 Å². The Balaban J connectivity index is 1.60. The van der Waals surface area contributed by atoms with Crippen molar-refractivity contribution in [2.75, 3.05) is 10.6 Å². The van der Waals surface area contributed by atoms with Crippen LogP contribution in [0.4, 0.5) is 16.5 Å². The number of aromatic nitrogens is 3. The highest BCUT2D eigenvalue weighted by Crippen LogP contribution is 2.30. The highest BCUT2D eigenvalue weighted by Gasteiger charge is 2.10. The predicted molar refractivity (Wildman–Crippen MR) is 99.5 cm³/mol. The molecular weight excluding hydrogens is 358 g/mol. The lowest BCUT2D eigenvalue weighted by atomic mass is 10.3. The Morgan fingerprint density at radius 3 is 2.80 bits per heavy atom. The monoisotopic (exact) mass is 375 g/mol. The van der Waals surface area contributed by atoms with E-state index in [0.29, 0.717) is 16.8 Å². The zero-order valence-corrected chi connectivity index (χ0v) is 15.6. The van der Waals surface area contributed by atoms with E-state index in [1.54, 1.807) is 0 Å². The Morgan fingerprint density at radius 1 is 1.28 bits per heavy atom. The molecule has 0 radical (unpaired) electrons. The lowest BCUT2D eigenvalue weighted by Crippen LogP contribution is -2.05. The largest absolute Gasteiger partial charge is 0.445 e. The molecule has 1 aromatic carbocycles. The Kier molecular flexibility index (Phi) is 5.34. The molecule has 0 fully saturated rings. The van der Waals surface area contributed by atoms with Gasteiger partial charge in [-0.05, 0) is 32.0 Å². The van der Waals surface area contributed by atoms with E-state index >= 15 is 0 Å². The van der Waals surface area contributed by atoms with Crippen LogP contribution in [0.3, 0.4) is 0 Å². The normalized spacial score (nSPS) is 10.7. The van der Waals surface area contributed by atoms with Gasteiger partial charge in [0.1, 0.15) is 5.76 Å². The summed E-state index contributed by atoms with van der Waals surface area (Å²) in [7, 11) is 0. The number of nitrogens with zero attached hydrogens (tertiary/aromatic N) is 3. The van der Waals surface area contributed by atoms with Crippen LogP contribution in [0.15, 0.2) is 33.0 Å². The first-order valence-electron chi connectivity index (χ1n) is 7.53. The molecule has 25 heavy (non-hydrogen) atoms. The van der Waals surface area contributed by atoms with Gasteiger partial charge in [0.05, 0.1) is 11.4 Å². The molecule has 9 heteroatoms. The second-order valence-electron chi connectivity index (χ2n) is 5.30. The summed E-state index contributed by atoms with van der Waals surface area (Å²) in [6, 6.07) is 7.43. The summed E-state index contributed by atoms with van der Waals surface area (Å²) in [4.78, 5) is 15.5. The number of hydrogen-bond donors (Lipinski definition) is 2. The minimum Gasteiger partial charge on any atom is -0.445 e. The van der Waals surface area contributed by atoms with Crippen LogP contribution < -0.4 is 10.6 Å². The zero-order chi connectivity index (χ0) is 17.8. The fraction of sp³-hybridized carbons (Fsp3) is 0.250. The summed E-state index contributed by atoms with van der Waals surface area (Å²) in [6.07, 6.45) is 0. The first-order valence-corrected chi connectivity index (χ1v) is 9.33. The predicted octanol–water partition coefficient (Wildman–Crippen LogP) is 4.14. The third-order valence-electron chi connectivity index (χ3n) is 3.23. The van der Waals surface area contributed by atoms with Gasteiger partial charge in [0, 0.05) is 18.3 Å². The molecule has 2 N–H and O–H groups in total. The van der Waals surface area contributed by atoms with Crippen molar-refractivity contribution in [3.63, 3.8) is 0 Å². The van der Waals surface area contributed by atoms with Gasteiger partial charge in [-0.15, -0.1) is 10.2 Å². The molecule has 0 unspecified atom stereocenters. The van der Waals surface area contributed by atoms with E-state index in [2.05, 4.69) is 25.8 Å². The molecule has 3 rings (SSSR count). The summed E-state index contributed by atoms with van der Waals surface area (Å²) >= 11 is 2.98. The van der Waals surface area contributed by atoms with Gasteiger partial charge in [-0.1, -0.05) is 29.2 Å². The molecule has 0 aliphatic rings. The fourth-order valence-electron chi connectivity index (χ4n) is 2.04. The summed E-state index contributed by atoms with van der Waals surface area (Å²) in [5.74, 6) is 2.03. The minimum atomic E-state index is -0.108. The van der Waals surface area contributed by atoms with Crippen LogP contribution in [0.5, 0.6) is 0 Å². The second-order valence-corrected chi connectivity index (χ2v) is 7.50. The topological polar surface area (TPSA) is 92.9 Å². The second kappa shape index (κ2) is 7.66. The van der Waals surface area contributed by atoms with Crippen molar-refractivity contribution in [3.05, 3.63) is 41.6 Å². The van der Waals surface area contributed by atoms with Crippen molar-refractivity contribution in [2.45, 2.75) is 30.9 Å². The average Bonchev–Trinajstić information content (AvgIpc) is 3.12. The van der Waals surface area contributed by atoms with E-state index in [1.165, 1.54) is 30.0 Å². The summed E-state index contributed by atoms with van der Waals surface area (Å²) in [5, 5.41) is 14.9. The number of carbonyl (C=O) groups is 1. The zero-order valence-electron chi connectivity index (χ0n) is 14.0. The van der Waals surface area contributed by atoms with Gasteiger partial charge in [0.2, 0.25) is 16.9 Å². The first kappa shape index (κ1) is 17.4. The Labute approximate surface area is 153 Å². The van der Waals surface area contributed by atoms with Crippen LogP contribution in [0, 0.1) is 13.8 Å². The number of aryl methyl sites for hydroxylation is 2. The number of thioether (sulfide) groups is 1. The van der Waals surface area contributed by atoms with Crippen molar-refractivity contribution in [2.24, 2.45) is 0 Å². The van der Waals surface area contributed by atoms with Crippen LogP contribution in [0.2, 0.25) is 0 Å². The Morgan fingerprint density at radius 2 is 2.08 bits per heavy atom. The first-order chi connectivity index (χ1) is 12.0. The van der Waals surface area contributed by atoms with Crippen molar-refractivity contribution in [1.29, 1.82) is 0 Å². The van der Waals surface area contributed by atoms with Gasteiger partial charge in [-0.2, -0.15) is 0 Å². The highest BCUT2D eigenvalue weighted by molar-refractivity contribution is 8.00. The molecule has 2 heterocycles. The van der Waals surface area contributed by atoms with E-state index in [0.717, 1.165) is 27.2 Å².